The van der Waals surface area contributed by atoms with E-state index in [2.05, 4.69) is 34.2 Å². The first-order valence-electron chi connectivity index (χ1n) is 4.38. The van der Waals surface area contributed by atoms with Gasteiger partial charge in [-0.05, 0) is 37.2 Å². The van der Waals surface area contributed by atoms with Crippen LogP contribution in [0.25, 0.3) is 0 Å². The van der Waals surface area contributed by atoms with Gasteiger partial charge in [-0.15, -0.1) is 0 Å². The van der Waals surface area contributed by atoms with Crippen LogP contribution in [0, 0.1) is 0 Å². The molecule has 1 N–H and O–H groups in total. The quantitative estimate of drug-likeness (QED) is 0.822. The van der Waals surface area contributed by atoms with Crippen LogP contribution in [0.15, 0.2) is 22.7 Å². The molecule has 13 heavy (non-hydrogen) atoms. The molecule has 0 aliphatic rings. The SMILES string of the molecule is CCNCCc1ccc(Cl)cc1Br. The van der Waals surface area contributed by atoms with Crippen molar-refractivity contribution in [3.8, 4) is 0 Å². The van der Waals surface area contributed by atoms with Crippen molar-refractivity contribution in [3.05, 3.63) is 33.3 Å². The predicted molar refractivity (Wildman–Crippen MR) is 61.4 cm³/mol. The summed E-state index contributed by atoms with van der Waals surface area (Å²) >= 11 is 9.32. The van der Waals surface area contributed by atoms with Crippen LogP contribution in [0.2, 0.25) is 5.02 Å². The molecule has 0 bridgehead atoms. The van der Waals surface area contributed by atoms with Gasteiger partial charge in [0.2, 0.25) is 0 Å². The van der Waals surface area contributed by atoms with E-state index in [0.717, 1.165) is 29.0 Å². The van der Waals surface area contributed by atoms with Gasteiger partial charge in [0, 0.05) is 9.50 Å². The summed E-state index contributed by atoms with van der Waals surface area (Å²) < 4.78 is 1.10. The van der Waals surface area contributed by atoms with Crippen molar-refractivity contribution in [2.24, 2.45) is 0 Å². The topological polar surface area (TPSA) is 12.0 Å². The first-order chi connectivity index (χ1) is 6.24. The number of benzene rings is 1. The summed E-state index contributed by atoms with van der Waals surface area (Å²) in [5.74, 6) is 0. The number of rotatable bonds is 4. The van der Waals surface area contributed by atoms with Crippen molar-refractivity contribution in [1.29, 1.82) is 0 Å². The van der Waals surface area contributed by atoms with Crippen molar-refractivity contribution >= 4 is 27.5 Å². The molecule has 1 rings (SSSR count). The molecule has 3 heteroatoms. The third kappa shape index (κ3) is 3.67. The Morgan fingerprint density at radius 3 is 2.85 bits per heavy atom. The van der Waals surface area contributed by atoms with Gasteiger partial charge >= 0.3 is 0 Å². The second-order valence-corrected chi connectivity index (χ2v) is 4.13. The number of hydrogen-bond donors (Lipinski definition) is 1. The third-order valence-corrected chi connectivity index (χ3v) is 2.81. The lowest BCUT2D eigenvalue weighted by atomic mass is 10.1. The molecule has 0 fully saturated rings. The van der Waals surface area contributed by atoms with Crippen LogP contribution in [0.5, 0.6) is 0 Å². The molecule has 0 saturated heterocycles. The van der Waals surface area contributed by atoms with Crippen molar-refractivity contribution in [3.63, 3.8) is 0 Å². The minimum atomic E-state index is 0.777. The number of nitrogens with one attached hydrogen (secondary N) is 1. The van der Waals surface area contributed by atoms with Gasteiger partial charge in [-0.1, -0.05) is 40.5 Å². The van der Waals surface area contributed by atoms with E-state index >= 15 is 0 Å². The minimum absolute atomic E-state index is 0.777. The standard InChI is InChI=1S/C10H13BrClN/c1-2-13-6-5-8-3-4-9(12)7-10(8)11/h3-4,7,13H,2,5-6H2,1H3. The zero-order valence-corrected chi connectivity index (χ0v) is 9.95. The molecule has 0 aliphatic heterocycles. The van der Waals surface area contributed by atoms with E-state index in [1.165, 1.54) is 5.56 Å². The largest absolute Gasteiger partial charge is 0.317 e. The Hall–Kier alpha value is -0.0500. The van der Waals surface area contributed by atoms with Gasteiger partial charge in [0.1, 0.15) is 0 Å². The Morgan fingerprint density at radius 2 is 2.23 bits per heavy atom. The highest BCUT2D eigenvalue weighted by molar-refractivity contribution is 9.10. The molecule has 0 radical (unpaired) electrons. The maximum atomic E-state index is 5.83. The van der Waals surface area contributed by atoms with Crippen LogP contribution in [0.3, 0.4) is 0 Å². The van der Waals surface area contributed by atoms with Crippen LogP contribution in [-0.4, -0.2) is 13.1 Å². The normalized spacial score (nSPS) is 10.4. The smallest absolute Gasteiger partial charge is 0.0417 e. The van der Waals surface area contributed by atoms with Crippen LogP contribution in [-0.2, 0) is 6.42 Å². The first kappa shape index (κ1) is 11.0. The maximum Gasteiger partial charge on any atom is 0.0417 e. The molecule has 0 heterocycles. The highest BCUT2D eigenvalue weighted by Gasteiger charge is 1.99. The lowest BCUT2D eigenvalue weighted by molar-refractivity contribution is 0.715. The van der Waals surface area contributed by atoms with E-state index < -0.39 is 0 Å². The summed E-state index contributed by atoms with van der Waals surface area (Å²) in [4.78, 5) is 0. The van der Waals surface area contributed by atoms with Crippen molar-refractivity contribution in [1.82, 2.24) is 5.32 Å². The lowest BCUT2D eigenvalue weighted by Crippen LogP contribution is -2.16. The van der Waals surface area contributed by atoms with Crippen molar-refractivity contribution in [2.75, 3.05) is 13.1 Å². The summed E-state index contributed by atoms with van der Waals surface area (Å²) in [6.45, 7) is 4.14. The molecular formula is C10H13BrClN. The molecule has 0 unspecified atom stereocenters. The zero-order valence-electron chi connectivity index (χ0n) is 7.61. The molecule has 0 aromatic heterocycles. The van der Waals surface area contributed by atoms with E-state index in [1.54, 1.807) is 0 Å². The van der Waals surface area contributed by atoms with Crippen molar-refractivity contribution < 1.29 is 0 Å². The fourth-order valence-corrected chi connectivity index (χ4v) is 2.01. The number of likely N-dealkylation sites (N-methyl/N-ethyl adjacent to an activating group) is 1. The summed E-state index contributed by atoms with van der Waals surface area (Å²) in [6, 6.07) is 5.92. The van der Waals surface area contributed by atoms with Gasteiger partial charge < -0.3 is 5.32 Å². The van der Waals surface area contributed by atoms with Crippen molar-refractivity contribution in [2.45, 2.75) is 13.3 Å². The Bertz CT molecular complexity index is 276. The molecule has 0 atom stereocenters. The van der Waals surface area contributed by atoms with Gasteiger partial charge in [-0.25, -0.2) is 0 Å². The third-order valence-electron chi connectivity index (χ3n) is 1.84. The molecule has 72 valence electrons. The zero-order chi connectivity index (χ0) is 9.68. The second-order valence-electron chi connectivity index (χ2n) is 2.84. The highest BCUT2D eigenvalue weighted by atomic mass is 79.9. The average molecular weight is 263 g/mol. The van der Waals surface area contributed by atoms with Gasteiger partial charge in [0.25, 0.3) is 0 Å². The molecule has 1 nitrogen and oxygen atoms in total. The number of hydrogen-bond acceptors (Lipinski definition) is 1. The van der Waals surface area contributed by atoms with Gasteiger partial charge in [-0.2, -0.15) is 0 Å². The Kier molecular flexibility index (Phi) is 4.78. The van der Waals surface area contributed by atoms with E-state index in [0.29, 0.717) is 0 Å². The monoisotopic (exact) mass is 261 g/mol. The summed E-state index contributed by atoms with van der Waals surface area (Å²) in [5.41, 5.74) is 1.30. The summed E-state index contributed by atoms with van der Waals surface area (Å²) in [5, 5.41) is 4.06. The van der Waals surface area contributed by atoms with Gasteiger partial charge in [0.15, 0.2) is 0 Å². The molecule has 0 saturated carbocycles. The van der Waals surface area contributed by atoms with E-state index in [-0.39, 0.29) is 0 Å². The first-order valence-corrected chi connectivity index (χ1v) is 5.55. The fraction of sp³-hybridized carbons (Fsp3) is 0.400. The highest BCUT2D eigenvalue weighted by Crippen LogP contribution is 2.21. The Balaban J connectivity index is 2.56. The molecule has 0 amide bonds. The Labute approximate surface area is 92.6 Å². The van der Waals surface area contributed by atoms with Crippen LogP contribution in [0.4, 0.5) is 0 Å². The van der Waals surface area contributed by atoms with Gasteiger partial charge in [-0.3, -0.25) is 0 Å². The van der Waals surface area contributed by atoms with Crippen LogP contribution in [0.1, 0.15) is 12.5 Å². The van der Waals surface area contributed by atoms with Gasteiger partial charge in [0.05, 0.1) is 0 Å². The minimum Gasteiger partial charge on any atom is -0.317 e. The predicted octanol–water partition coefficient (Wildman–Crippen LogP) is 3.25. The average Bonchev–Trinajstić information content (AvgIpc) is 2.09. The summed E-state index contributed by atoms with van der Waals surface area (Å²) in [6.07, 6.45) is 1.03. The Morgan fingerprint density at radius 1 is 1.46 bits per heavy atom. The van der Waals surface area contributed by atoms with E-state index in [1.807, 2.05) is 12.1 Å². The molecular weight excluding hydrogens is 249 g/mol. The molecule has 1 aromatic rings. The maximum absolute atomic E-state index is 5.83. The molecule has 1 aromatic carbocycles. The fourth-order valence-electron chi connectivity index (χ4n) is 1.12. The van der Waals surface area contributed by atoms with E-state index in [4.69, 9.17) is 11.6 Å². The van der Waals surface area contributed by atoms with Crippen LogP contribution >= 0.6 is 27.5 Å². The lowest BCUT2D eigenvalue weighted by Gasteiger charge is -2.04. The summed E-state index contributed by atoms with van der Waals surface area (Å²) in [7, 11) is 0. The number of halogens is 2. The van der Waals surface area contributed by atoms with E-state index in [9.17, 15) is 0 Å². The second kappa shape index (κ2) is 5.63. The molecule has 0 aliphatic carbocycles. The van der Waals surface area contributed by atoms with Crippen LogP contribution < -0.4 is 5.32 Å². The molecule has 0 spiro atoms.